The molecule has 0 radical (unpaired) electrons. The van der Waals surface area contributed by atoms with E-state index < -0.39 is 5.54 Å². The molecule has 1 heterocycles. The lowest BCUT2D eigenvalue weighted by atomic mass is 9.78. The topological polar surface area (TPSA) is 29.1 Å². The Balaban J connectivity index is 2.16. The van der Waals surface area contributed by atoms with Crippen molar-refractivity contribution in [3.8, 4) is 0 Å². The summed E-state index contributed by atoms with van der Waals surface area (Å²) in [5.74, 6) is 0.0145. The second-order valence-corrected chi connectivity index (χ2v) is 4.97. The molecular formula is C17H15NO. The average Bonchev–Trinajstić information content (AvgIpc) is 2.46. The number of ketones is 1. The van der Waals surface area contributed by atoms with E-state index in [1.54, 1.807) is 0 Å². The van der Waals surface area contributed by atoms with E-state index in [-0.39, 0.29) is 5.78 Å². The summed E-state index contributed by atoms with van der Waals surface area (Å²) in [5, 5.41) is 3.45. The summed E-state index contributed by atoms with van der Waals surface area (Å²) in [6.45, 7) is 6.01. The highest BCUT2D eigenvalue weighted by atomic mass is 16.1. The van der Waals surface area contributed by atoms with Crippen molar-refractivity contribution in [3.63, 3.8) is 0 Å². The summed E-state index contributed by atoms with van der Waals surface area (Å²) in [5.41, 5.74) is 2.64. The summed E-state index contributed by atoms with van der Waals surface area (Å²) in [6, 6.07) is 17.5. The predicted octanol–water partition coefficient (Wildman–Crippen LogP) is 3.77. The van der Waals surface area contributed by atoms with Gasteiger partial charge in [-0.25, -0.2) is 0 Å². The first-order valence-electron chi connectivity index (χ1n) is 6.30. The van der Waals surface area contributed by atoms with Gasteiger partial charge in [0.2, 0.25) is 0 Å². The zero-order valence-corrected chi connectivity index (χ0v) is 10.8. The molecule has 2 nitrogen and oxygen atoms in total. The fraction of sp³-hybridized carbons (Fsp3) is 0.118. The third-order valence-corrected chi connectivity index (χ3v) is 3.79. The quantitative estimate of drug-likeness (QED) is 0.779. The molecule has 3 rings (SSSR count). The number of benzene rings is 2. The summed E-state index contributed by atoms with van der Waals surface area (Å²) in [7, 11) is 0. The molecule has 2 aromatic rings. The lowest BCUT2D eigenvalue weighted by Gasteiger charge is -2.38. The van der Waals surface area contributed by atoms with Crippen molar-refractivity contribution < 1.29 is 4.79 Å². The second-order valence-electron chi connectivity index (χ2n) is 4.97. The lowest BCUT2D eigenvalue weighted by molar-refractivity contribution is 0.101. The number of rotatable bonds is 1. The first-order chi connectivity index (χ1) is 9.13. The van der Waals surface area contributed by atoms with Crippen LogP contribution < -0.4 is 5.32 Å². The minimum atomic E-state index is -0.549. The van der Waals surface area contributed by atoms with E-state index in [0.29, 0.717) is 11.1 Å². The average molecular weight is 249 g/mol. The van der Waals surface area contributed by atoms with E-state index in [4.69, 9.17) is 0 Å². The van der Waals surface area contributed by atoms with E-state index in [9.17, 15) is 4.79 Å². The van der Waals surface area contributed by atoms with Gasteiger partial charge in [0.05, 0.1) is 5.54 Å². The first-order valence-corrected chi connectivity index (χ1v) is 6.30. The second kappa shape index (κ2) is 4.09. The van der Waals surface area contributed by atoms with Gasteiger partial charge in [-0.1, -0.05) is 49.0 Å². The SMILES string of the molecule is C=C1C(=O)c2ccccc2NC1(C)c1ccccc1. The van der Waals surface area contributed by atoms with E-state index in [1.807, 2.05) is 61.5 Å². The summed E-state index contributed by atoms with van der Waals surface area (Å²) in [6.07, 6.45) is 0. The van der Waals surface area contributed by atoms with Crippen molar-refractivity contribution in [3.05, 3.63) is 77.9 Å². The summed E-state index contributed by atoms with van der Waals surface area (Å²) >= 11 is 0. The van der Waals surface area contributed by atoms with Gasteiger partial charge in [-0.2, -0.15) is 0 Å². The number of hydrogen-bond acceptors (Lipinski definition) is 2. The summed E-state index contributed by atoms with van der Waals surface area (Å²) < 4.78 is 0. The predicted molar refractivity (Wildman–Crippen MR) is 77.3 cm³/mol. The van der Waals surface area contributed by atoms with Gasteiger partial charge >= 0.3 is 0 Å². The molecule has 1 unspecified atom stereocenters. The number of fused-ring (bicyclic) bond motifs is 1. The van der Waals surface area contributed by atoms with Gasteiger partial charge < -0.3 is 5.32 Å². The monoisotopic (exact) mass is 249 g/mol. The number of para-hydroxylation sites is 1. The molecule has 0 aliphatic carbocycles. The standard InChI is InChI=1S/C17H15NO/c1-12-16(19)14-10-6-7-11-15(14)18-17(12,2)13-8-4-3-5-9-13/h3-11,18H,1H2,2H3. The molecule has 1 atom stereocenters. The Morgan fingerprint density at radius 3 is 2.37 bits per heavy atom. The van der Waals surface area contributed by atoms with Gasteiger partial charge in [0.1, 0.15) is 0 Å². The van der Waals surface area contributed by atoms with Gasteiger partial charge in [-0.3, -0.25) is 4.79 Å². The number of hydrogen-bond donors (Lipinski definition) is 1. The number of nitrogens with one attached hydrogen (secondary N) is 1. The minimum absolute atomic E-state index is 0.0145. The highest BCUT2D eigenvalue weighted by molar-refractivity contribution is 6.15. The molecule has 0 amide bonds. The van der Waals surface area contributed by atoms with Gasteiger partial charge in [0.15, 0.2) is 5.78 Å². The fourth-order valence-electron chi connectivity index (χ4n) is 2.54. The van der Waals surface area contributed by atoms with Crippen LogP contribution in [0.25, 0.3) is 0 Å². The van der Waals surface area contributed by atoms with E-state index in [2.05, 4.69) is 11.9 Å². The van der Waals surface area contributed by atoms with E-state index in [0.717, 1.165) is 11.3 Å². The lowest BCUT2D eigenvalue weighted by Crippen LogP contribution is -2.40. The number of anilines is 1. The Bertz CT molecular complexity index is 660. The molecule has 0 bridgehead atoms. The van der Waals surface area contributed by atoms with Gasteiger partial charge in [0, 0.05) is 16.8 Å². The van der Waals surface area contributed by atoms with Crippen LogP contribution in [0.3, 0.4) is 0 Å². The maximum atomic E-state index is 12.5. The van der Waals surface area contributed by atoms with E-state index >= 15 is 0 Å². The molecule has 0 saturated carbocycles. The molecular weight excluding hydrogens is 234 g/mol. The molecule has 2 aromatic carbocycles. The van der Waals surface area contributed by atoms with Crippen LogP contribution in [-0.4, -0.2) is 5.78 Å². The molecule has 94 valence electrons. The fourth-order valence-corrected chi connectivity index (χ4v) is 2.54. The Morgan fingerprint density at radius 1 is 1.00 bits per heavy atom. The normalized spacial score (nSPS) is 21.7. The Kier molecular flexibility index (Phi) is 2.53. The minimum Gasteiger partial charge on any atom is -0.371 e. The van der Waals surface area contributed by atoms with Crippen LogP contribution in [0.1, 0.15) is 22.8 Å². The van der Waals surface area contributed by atoms with Crippen LogP contribution in [0.2, 0.25) is 0 Å². The molecule has 0 aromatic heterocycles. The van der Waals surface area contributed by atoms with Crippen LogP contribution in [0, 0.1) is 0 Å². The molecule has 1 N–H and O–H groups in total. The van der Waals surface area contributed by atoms with Crippen LogP contribution in [-0.2, 0) is 5.54 Å². The van der Waals surface area contributed by atoms with Crippen molar-refractivity contribution >= 4 is 11.5 Å². The smallest absolute Gasteiger partial charge is 0.193 e. The van der Waals surface area contributed by atoms with E-state index in [1.165, 1.54) is 0 Å². The Morgan fingerprint density at radius 2 is 1.63 bits per heavy atom. The number of Topliss-reactive ketones (excluding diaryl/α,β-unsaturated/α-hetero) is 1. The van der Waals surface area contributed by atoms with Gasteiger partial charge in [0.25, 0.3) is 0 Å². The van der Waals surface area contributed by atoms with Crippen LogP contribution >= 0.6 is 0 Å². The molecule has 0 fully saturated rings. The van der Waals surface area contributed by atoms with Crippen LogP contribution in [0.4, 0.5) is 5.69 Å². The Labute approximate surface area is 112 Å². The van der Waals surface area contributed by atoms with Crippen molar-refractivity contribution in [1.82, 2.24) is 0 Å². The van der Waals surface area contributed by atoms with Crippen molar-refractivity contribution in [2.75, 3.05) is 5.32 Å². The molecule has 2 heteroatoms. The van der Waals surface area contributed by atoms with Crippen molar-refractivity contribution in [2.24, 2.45) is 0 Å². The Hall–Kier alpha value is -2.35. The zero-order chi connectivity index (χ0) is 13.5. The molecule has 1 aliphatic heterocycles. The third kappa shape index (κ3) is 1.68. The number of carbonyl (C=O) groups is 1. The van der Waals surface area contributed by atoms with Crippen LogP contribution in [0.15, 0.2) is 66.7 Å². The van der Waals surface area contributed by atoms with Crippen LogP contribution in [0.5, 0.6) is 0 Å². The molecule has 1 aliphatic rings. The molecule has 0 spiro atoms. The van der Waals surface area contributed by atoms with Crippen molar-refractivity contribution in [1.29, 1.82) is 0 Å². The number of carbonyl (C=O) groups excluding carboxylic acids is 1. The maximum Gasteiger partial charge on any atom is 0.193 e. The molecule has 19 heavy (non-hydrogen) atoms. The largest absolute Gasteiger partial charge is 0.371 e. The van der Waals surface area contributed by atoms with Gasteiger partial charge in [-0.05, 0) is 24.6 Å². The maximum absolute atomic E-state index is 12.5. The van der Waals surface area contributed by atoms with Crippen molar-refractivity contribution in [2.45, 2.75) is 12.5 Å². The summed E-state index contributed by atoms with van der Waals surface area (Å²) in [4.78, 5) is 12.5. The molecule has 0 saturated heterocycles. The highest BCUT2D eigenvalue weighted by Crippen LogP contribution is 2.39. The van der Waals surface area contributed by atoms with Gasteiger partial charge in [-0.15, -0.1) is 0 Å². The third-order valence-electron chi connectivity index (χ3n) is 3.79. The zero-order valence-electron chi connectivity index (χ0n) is 10.8. The highest BCUT2D eigenvalue weighted by Gasteiger charge is 2.39. The first kappa shape index (κ1) is 11.7.